The molecule has 84 valence electrons. The maximum Gasteiger partial charge on any atom is 0.328 e. The second-order valence-corrected chi connectivity index (χ2v) is 2.97. The minimum absolute atomic E-state index is 0.343. The average Bonchev–Trinajstić information content (AvgIpc) is 2.13. The number of amides is 1. The maximum atomic E-state index is 10.9. The summed E-state index contributed by atoms with van der Waals surface area (Å²) < 4.78 is 5.12. The molecule has 0 atom stereocenters. The first-order valence-electron chi connectivity index (χ1n) is 4.43. The van der Waals surface area contributed by atoms with E-state index in [0.29, 0.717) is 19.8 Å². The van der Waals surface area contributed by atoms with E-state index in [1.807, 2.05) is 6.92 Å². The van der Waals surface area contributed by atoms with Gasteiger partial charge in [0.25, 0.3) is 0 Å². The van der Waals surface area contributed by atoms with Crippen LogP contribution in [-0.4, -0.2) is 36.7 Å². The van der Waals surface area contributed by atoms with Crippen molar-refractivity contribution in [1.82, 2.24) is 5.32 Å². The molecule has 0 saturated heterocycles. The molecule has 0 spiro atoms. The van der Waals surface area contributed by atoms with E-state index in [1.165, 1.54) is 0 Å². The number of nitrogens with one attached hydrogen (secondary N) is 1. The third-order valence-corrected chi connectivity index (χ3v) is 1.27. The molecule has 0 aromatic rings. The van der Waals surface area contributed by atoms with Crippen LogP contribution in [0.3, 0.4) is 0 Å². The number of aliphatic carboxylic acids is 1. The van der Waals surface area contributed by atoms with Gasteiger partial charge in [0, 0.05) is 18.7 Å². The van der Waals surface area contributed by atoms with Crippen LogP contribution >= 0.6 is 0 Å². The third kappa shape index (κ3) is 10.3. The van der Waals surface area contributed by atoms with Gasteiger partial charge in [-0.1, -0.05) is 12.2 Å². The standard InChI is InChI=1S/C10H15NO4/c1-8(2)7-15-6-5-11-9(12)3-4-10(13)14/h3-4H,1,5-7H2,2H3,(H,11,12)(H,13,14)/b4-3+. The van der Waals surface area contributed by atoms with Crippen molar-refractivity contribution in [2.75, 3.05) is 19.8 Å². The number of carbonyl (C=O) groups excluding carboxylic acids is 1. The number of hydrogen-bond acceptors (Lipinski definition) is 3. The molecule has 5 heteroatoms. The molecule has 1 amide bonds. The molecule has 0 rings (SSSR count). The van der Waals surface area contributed by atoms with Crippen LogP contribution in [0, 0.1) is 0 Å². The normalized spacial score (nSPS) is 10.2. The van der Waals surface area contributed by atoms with Gasteiger partial charge in [0.1, 0.15) is 0 Å². The van der Waals surface area contributed by atoms with E-state index in [-0.39, 0.29) is 0 Å². The molecule has 0 heterocycles. The van der Waals surface area contributed by atoms with Crippen LogP contribution in [0.15, 0.2) is 24.3 Å². The first-order valence-corrected chi connectivity index (χ1v) is 4.43. The topological polar surface area (TPSA) is 75.6 Å². The lowest BCUT2D eigenvalue weighted by molar-refractivity contribution is -0.131. The highest BCUT2D eigenvalue weighted by Crippen LogP contribution is 1.86. The van der Waals surface area contributed by atoms with E-state index < -0.39 is 11.9 Å². The molecule has 0 saturated carbocycles. The van der Waals surface area contributed by atoms with Gasteiger partial charge in [-0.25, -0.2) is 4.79 Å². The SMILES string of the molecule is C=C(C)COCCNC(=O)/C=C/C(=O)O. The quantitative estimate of drug-likeness (QED) is 0.363. The molecule has 15 heavy (non-hydrogen) atoms. The lowest BCUT2D eigenvalue weighted by Crippen LogP contribution is -2.25. The Bertz CT molecular complexity index is 271. The highest BCUT2D eigenvalue weighted by atomic mass is 16.5. The predicted octanol–water partition coefficient (Wildman–Crippen LogP) is 0.336. The van der Waals surface area contributed by atoms with Gasteiger partial charge in [0.15, 0.2) is 0 Å². The fourth-order valence-electron chi connectivity index (χ4n) is 0.699. The van der Waals surface area contributed by atoms with E-state index in [1.54, 1.807) is 0 Å². The highest BCUT2D eigenvalue weighted by Gasteiger charge is 1.95. The zero-order chi connectivity index (χ0) is 11.7. The van der Waals surface area contributed by atoms with E-state index in [2.05, 4.69) is 11.9 Å². The van der Waals surface area contributed by atoms with Crippen molar-refractivity contribution in [2.45, 2.75) is 6.92 Å². The monoisotopic (exact) mass is 213 g/mol. The molecule has 0 aliphatic heterocycles. The Morgan fingerprint density at radius 3 is 2.67 bits per heavy atom. The summed E-state index contributed by atoms with van der Waals surface area (Å²) in [6.07, 6.45) is 1.74. The van der Waals surface area contributed by atoms with E-state index in [9.17, 15) is 9.59 Å². The zero-order valence-corrected chi connectivity index (χ0v) is 8.66. The number of carbonyl (C=O) groups is 2. The lowest BCUT2D eigenvalue weighted by atomic mass is 10.4. The van der Waals surface area contributed by atoms with Crippen LogP contribution in [0.25, 0.3) is 0 Å². The zero-order valence-electron chi connectivity index (χ0n) is 8.66. The van der Waals surface area contributed by atoms with Crippen LogP contribution < -0.4 is 5.32 Å². The second kappa shape index (κ2) is 7.75. The van der Waals surface area contributed by atoms with Gasteiger partial charge < -0.3 is 15.2 Å². The fraction of sp³-hybridized carbons (Fsp3) is 0.400. The summed E-state index contributed by atoms with van der Waals surface area (Å²) in [6.45, 7) is 6.67. The van der Waals surface area contributed by atoms with Gasteiger partial charge in [0.2, 0.25) is 5.91 Å². The van der Waals surface area contributed by atoms with Crippen molar-refractivity contribution >= 4 is 11.9 Å². The Kier molecular flexibility index (Phi) is 6.92. The molecular weight excluding hydrogens is 198 g/mol. The van der Waals surface area contributed by atoms with E-state index in [4.69, 9.17) is 9.84 Å². The van der Waals surface area contributed by atoms with Gasteiger partial charge in [-0.05, 0) is 6.92 Å². The molecular formula is C10H15NO4. The minimum atomic E-state index is -1.15. The Labute approximate surface area is 88.4 Å². The molecule has 0 fully saturated rings. The molecule has 0 unspecified atom stereocenters. The van der Waals surface area contributed by atoms with Crippen LogP contribution in [0.4, 0.5) is 0 Å². The van der Waals surface area contributed by atoms with Crippen molar-refractivity contribution in [2.24, 2.45) is 0 Å². The summed E-state index contributed by atoms with van der Waals surface area (Å²) in [5, 5.41) is 10.7. The van der Waals surface area contributed by atoms with Crippen LogP contribution in [0.1, 0.15) is 6.92 Å². The number of carboxylic acids is 1. The summed E-state index contributed by atoms with van der Waals surface area (Å²) in [5.41, 5.74) is 0.909. The Morgan fingerprint density at radius 1 is 1.47 bits per heavy atom. The van der Waals surface area contributed by atoms with Crippen LogP contribution in [0.2, 0.25) is 0 Å². The van der Waals surface area contributed by atoms with Gasteiger partial charge in [-0.15, -0.1) is 0 Å². The number of carboxylic acid groups (broad SMARTS) is 1. The highest BCUT2D eigenvalue weighted by molar-refractivity contribution is 5.93. The predicted molar refractivity (Wildman–Crippen MR) is 55.4 cm³/mol. The van der Waals surface area contributed by atoms with Crippen LogP contribution in [0.5, 0.6) is 0 Å². The van der Waals surface area contributed by atoms with Crippen molar-refractivity contribution in [3.63, 3.8) is 0 Å². The van der Waals surface area contributed by atoms with Gasteiger partial charge in [-0.2, -0.15) is 0 Å². The average molecular weight is 213 g/mol. The molecule has 0 aromatic carbocycles. The third-order valence-electron chi connectivity index (χ3n) is 1.27. The number of rotatable bonds is 7. The lowest BCUT2D eigenvalue weighted by Gasteiger charge is -2.03. The smallest absolute Gasteiger partial charge is 0.328 e. The van der Waals surface area contributed by atoms with Crippen molar-refractivity contribution in [1.29, 1.82) is 0 Å². The molecule has 0 aliphatic carbocycles. The first kappa shape index (κ1) is 13.4. The minimum Gasteiger partial charge on any atom is -0.478 e. The van der Waals surface area contributed by atoms with Crippen molar-refractivity contribution < 1.29 is 19.4 Å². The summed E-state index contributed by atoms with van der Waals surface area (Å²) in [4.78, 5) is 21.0. The molecule has 0 aliphatic rings. The molecule has 5 nitrogen and oxygen atoms in total. The summed E-state index contributed by atoms with van der Waals surface area (Å²) in [5.74, 6) is -1.60. The molecule has 0 radical (unpaired) electrons. The number of ether oxygens (including phenoxy) is 1. The first-order chi connectivity index (χ1) is 7.02. The Balaban J connectivity index is 3.47. The summed E-state index contributed by atoms with van der Waals surface area (Å²) in [7, 11) is 0. The second-order valence-electron chi connectivity index (χ2n) is 2.97. The molecule has 0 aromatic heterocycles. The van der Waals surface area contributed by atoms with Crippen molar-refractivity contribution in [3.05, 3.63) is 24.3 Å². The fourth-order valence-corrected chi connectivity index (χ4v) is 0.699. The Morgan fingerprint density at radius 2 is 2.13 bits per heavy atom. The van der Waals surface area contributed by atoms with Crippen molar-refractivity contribution in [3.8, 4) is 0 Å². The summed E-state index contributed by atoms with van der Waals surface area (Å²) in [6, 6.07) is 0. The summed E-state index contributed by atoms with van der Waals surface area (Å²) >= 11 is 0. The van der Waals surface area contributed by atoms with Crippen LogP contribution in [-0.2, 0) is 14.3 Å². The largest absolute Gasteiger partial charge is 0.478 e. The van der Waals surface area contributed by atoms with Gasteiger partial charge >= 0.3 is 5.97 Å². The van der Waals surface area contributed by atoms with E-state index >= 15 is 0 Å². The maximum absolute atomic E-state index is 10.9. The Hall–Kier alpha value is -1.62. The molecule has 0 bridgehead atoms. The van der Waals surface area contributed by atoms with Gasteiger partial charge in [0.05, 0.1) is 13.2 Å². The van der Waals surface area contributed by atoms with E-state index in [0.717, 1.165) is 17.7 Å². The number of hydrogen-bond donors (Lipinski definition) is 2. The molecule has 2 N–H and O–H groups in total. The van der Waals surface area contributed by atoms with Gasteiger partial charge in [-0.3, -0.25) is 4.79 Å².